The van der Waals surface area contributed by atoms with E-state index in [4.69, 9.17) is 9.40 Å². The SMILES string of the molecule is O=C(c1ccco1)N1CCC(c2nc(-c3ccccn3)ncc2-c2ccncc2)CC1. The topological polar surface area (TPSA) is 85.0 Å². The average molecular weight is 411 g/mol. The molecule has 0 radical (unpaired) electrons. The van der Waals surface area contributed by atoms with Gasteiger partial charge in [-0.2, -0.15) is 0 Å². The van der Waals surface area contributed by atoms with E-state index >= 15 is 0 Å². The summed E-state index contributed by atoms with van der Waals surface area (Å²) >= 11 is 0. The van der Waals surface area contributed by atoms with Gasteiger partial charge in [0.15, 0.2) is 11.6 Å². The smallest absolute Gasteiger partial charge is 0.289 e. The van der Waals surface area contributed by atoms with E-state index in [1.54, 1.807) is 30.7 Å². The monoisotopic (exact) mass is 411 g/mol. The summed E-state index contributed by atoms with van der Waals surface area (Å²) in [5.41, 5.74) is 3.77. The summed E-state index contributed by atoms with van der Waals surface area (Å²) in [6.07, 6.45) is 10.3. The molecule has 4 aromatic rings. The molecule has 5 rings (SSSR count). The molecule has 1 amide bonds. The number of carbonyl (C=O) groups is 1. The third kappa shape index (κ3) is 3.94. The van der Waals surface area contributed by atoms with Gasteiger partial charge in [-0.15, -0.1) is 0 Å². The molecule has 7 heteroatoms. The maximum absolute atomic E-state index is 12.6. The van der Waals surface area contributed by atoms with Gasteiger partial charge in [0.1, 0.15) is 5.69 Å². The Balaban J connectivity index is 1.45. The largest absolute Gasteiger partial charge is 0.459 e. The molecule has 1 aliphatic heterocycles. The van der Waals surface area contributed by atoms with Crippen molar-refractivity contribution in [3.63, 3.8) is 0 Å². The van der Waals surface area contributed by atoms with Crippen molar-refractivity contribution in [2.75, 3.05) is 13.1 Å². The van der Waals surface area contributed by atoms with Crippen LogP contribution in [0.2, 0.25) is 0 Å². The van der Waals surface area contributed by atoms with Crippen LogP contribution in [0.1, 0.15) is 35.0 Å². The molecule has 0 aliphatic carbocycles. The molecule has 31 heavy (non-hydrogen) atoms. The molecular weight excluding hydrogens is 390 g/mol. The molecule has 5 heterocycles. The summed E-state index contributed by atoms with van der Waals surface area (Å²) in [6.45, 7) is 1.31. The van der Waals surface area contributed by atoms with Gasteiger partial charge in [0.05, 0.1) is 12.0 Å². The van der Waals surface area contributed by atoms with Gasteiger partial charge in [0.25, 0.3) is 5.91 Å². The molecule has 4 aromatic heterocycles. The number of hydrogen-bond donors (Lipinski definition) is 0. The number of nitrogens with zero attached hydrogens (tertiary/aromatic N) is 5. The highest BCUT2D eigenvalue weighted by Gasteiger charge is 2.28. The molecule has 1 aliphatic rings. The lowest BCUT2D eigenvalue weighted by molar-refractivity contribution is 0.0680. The molecule has 7 nitrogen and oxygen atoms in total. The zero-order valence-electron chi connectivity index (χ0n) is 16.9. The van der Waals surface area contributed by atoms with Gasteiger partial charge in [-0.1, -0.05) is 6.07 Å². The van der Waals surface area contributed by atoms with Gasteiger partial charge in [-0.3, -0.25) is 14.8 Å². The standard InChI is InChI=1S/C24H21N5O2/c30-24(21-5-3-15-31-21)29-13-8-18(9-14-29)22-19(17-6-11-25-12-7-17)16-27-23(28-22)20-4-1-2-10-26-20/h1-7,10-12,15-16,18H,8-9,13-14H2. The van der Waals surface area contributed by atoms with Crippen molar-refractivity contribution < 1.29 is 9.21 Å². The minimum absolute atomic E-state index is 0.0605. The Labute approximate surface area is 179 Å². The van der Waals surface area contributed by atoms with Crippen LogP contribution in [-0.2, 0) is 0 Å². The molecule has 0 spiro atoms. The maximum atomic E-state index is 12.6. The highest BCUT2D eigenvalue weighted by Crippen LogP contribution is 2.35. The lowest BCUT2D eigenvalue weighted by atomic mass is 9.89. The molecule has 0 unspecified atom stereocenters. The number of furan rings is 1. The van der Waals surface area contributed by atoms with E-state index in [9.17, 15) is 4.79 Å². The van der Waals surface area contributed by atoms with Crippen LogP contribution >= 0.6 is 0 Å². The number of pyridine rings is 2. The van der Waals surface area contributed by atoms with Crippen LogP contribution in [0.5, 0.6) is 0 Å². The van der Waals surface area contributed by atoms with Crippen LogP contribution in [0.15, 0.2) is 77.9 Å². The fraction of sp³-hybridized carbons (Fsp3) is 0.208. The Morgan fingerprint density at radius 1 is 0.968 bits per heavy atom. The van der Waals surface area contributed by atoms with E-state index in [0.717, 1.165) is 35.4 Å². The summed E-state index contributed by atoms with van der Waals surface area (Å²) in [7, 11) is 0. The first-order chi connectivity index (χ1) is 15.3. The first-order valence-electron chi connectivity index (χ1n) is 10.3. The van der Waals surface area contributed by atoms with Crippen molar-refractivity contribution in [1.29, 1.82) is 0 Å². The van der Waals surface area contributed by atoms with E-state index < -0.39 is 0 Å². The molecule has 0 saturated carbocycles. The number of amides is 1. The summed E-state index contributed by atoms with van der Waals surface area (Å²) in [5.74, 6) is 1.15. The maximum Gasteiger partial charge on any atom is 0.289 e. The zero-order valence-corrected chi connectivity index (χ0v) is 16.9. The van der Waals surface area contributed by atoms with Gasteiger partial charge < -0.3 is 9.32 Å². The Morgan fingerprint density at radius 3 is 2.52 bits per heavy atom. The molecule has 1 saturated heterocycles. The Hall–Kier alpha value is -3.87. The van der Waals surface area contributed by atoms with Crippen LogP contribution in [0, 0.1) is 0 Å². The summed E-state index contributed by atoms with van der Waals surface area (Å²) in [5, 5.41) is 0. The highest BCUT2D eigenvalue weighted by atomic mass is 16.3. The van der Waals surface area contributed by atoms with Crippen LogP contribution in [0.25, 0.3) is 22.6 Å². The van der Waals surface area contributed by atoms with Crippen molar-refractivity contribution in [2.45, 2.75) is 18.8 Å². The third-order valence-electron chi connectivity index (χ3n) is 5.60. The van der Waals surface area contributed by atoms with E-state index in [-0.39, 0.29) is 11.8 Å². The minimum Gasteiger partial charge on any atom is -0.459 e. The number of piperidine rings is 1. The predicted molar refractivity (Wildman–Crippen MR) is 115 cm³/mol. The average Bonchev–Trinajstić information content (AvgIpc) is 3.40. The third-order valence-corrected chi connectivity index (χ3v) is 5.60. The second-order valence-electron chi connectivity index (χ2n) is 7.49. The van der Waals surface area contributed by atoms with Crippen molar-refractivity contribution in [3.8, 4) is 22.6 Å². The lowest BCUT2D eigenvalue weighted by Gasteiger charge is -2.32. The van der Waals surface area contributed by atoms with E-state index in [1.807, 2.05) is 41.4 Å². The first kappa shape index (κ1) is 19.1. The fourth-order valence-corrected chi connectivity index (χ4v) is 3.99. The minimum atomic E-state index is -0.0605. The first-order valence-corrected chi connectivity index (χ1v) is 10.3. The molecule has 154 valence electrons. The summed E-state index contributed by atoms with van der Waals surface area (Å²) in [6, 6.07) is 13.1. The number of carbonyl (C=O) groups excluding carboxylic acids is 1. The lowest BCUT2D eigenvalue weighted by Crippen LogP contribution is -2.38. The van der Waals surface area contributed by atoms with E-state index in [2.05, 4.69) is 15.0 Å². The van der Waals surface area contributed by atoms with Crippen molar-refractivity contribution in [1.82, 2.24) is 24.8 Å². The number of aromatic nitrogens is 4. The number of hydrogen-bond acceptors (Lipinski definition) is 6. The van der Waals surface area contributed by atoms with Gasteiger partial charge in [0, 0.05) is 49.4 Å². The van der Waals surface area contributed by atoms with Crippen molar-refractivity contribution in [2.24, 2.45) is 0 Å². The summed E-state index contributed by atoms with van der Waals surface area (Å²) < 4.78 is 5.28. The Morgan fingerprint density at radius 2 is 1.81 bits per heavy atom. The Bertz CT molecular complexity index is 1160. The van der Waals surface area contributed by atoms with Crippen LogP contribution in [0.4, 0.5) is 0 Å². The van der Waals surface area contributed by atoms with Crippen LogP contribution in [-0.4, -0.2) is 43.8 Å². The second-order valence-corrected chi connectivity index (χ2v) is 7.49. The van der Waals surface area contributed by atoms with Crippen LogP contribution in [0.3, 0.4) is 0 Å². The Kier molecular flexibility index (Phi) is 5.22. The van der Waals surface area contributed by atoms with Gasteiger partial charge >= 0.3 is 0 Å². The highest BCUT2D eigenvalue weighted by molar-refractivity contribution is 5.91. The second kappa shape index (κ2) is 8.47. The number of likely N-dealkylation sites (tertiary alicyclic amines) is 1. The molecule has 1 fully saturated rings. The van der Waals surface area contributed by atoms with E-state index in [0.29, 0.717) is 24.7 Å². The molecule has 0 bridgehead atoms. The van der Waals surface area contributed by atoms with Gasteiger partial charge in [-0.05, 0) is 54.8 Å². The van der Waals surface area contributed by atoms with Crippen molar-refractivity contribution in [3.05, 3.63) is 85.0 Å². The molecule has 0 N–H and O–H groups in total. The molecule has 0 aromatic carbocycles. The number of rotatable bonds is 4. The van der Waals surface area contributed by atoms with Gasteiger partial charge in [0.2, 0.25) is 0 Å². The van der Waals surface area contributed by atoms with Crippen molar-refractivity contribution >= 4 is 5.91 Å². The molecule has 0 atom stereocenters. The zero-order chi connectivity index (χ0) is 21.0. The summed E-state index contributed by atoms with van der Waals surface area (Å²) in [4.78, 5) is 32.5. The fourth-order valence-electron chi connectivity index (χ4n) is 3.99. The quantitative estimate of drug-likeness (QED) is 0.500. The molecular formula is C24H21N5O2. The normalized spacial score (nSPS) is 14.5. The van der Waals surface area contributed by atoms with Gasteiger partial charge in [-0.25, -0.2) is 9.97 Å². The van der Waals surface area contributed by atoms with Crippen LogP contribution < -0.4 is 0 Å². The predicted octanol–water partition coefficient (Wildman–Crippen LogP) is 4.21. The van der Waals surface area contributed by atoms with E-state index in [1.165, 1.54) is 6.26 Å².